The smallest absolute Gasteiger partial charge is 0.225 e. The molecule has 144 valence electrons. The van der Waals surface area contributed by atoms with E-state index in [1.54, 1.807) is 0 Å². The van der Waals surface area contributed by atoms with Crippen LogP contribution in [0.2, 0.25) is 0 Å². The van der Waals surface area contributed by atoms with Gasteiger partial charge in [-0.2, -0.15) is 0 Å². The Morgan fingerprint density at radius 3 is 2.31 bits per heavy atom. The Balaban J connectivity index is 2.11. The van der Waals surface area contributed by atoms with Crippen LogP contribution in [0.25, 0.3) is 0 Å². The first-order valence-electron chi connectivity index (χ1n) is 9.80. The molecule has 1 aliphatic heterocycles. The van der Waals surface area contributed by atoms with Crippen LogP contribution in [0.4, 0.5) is 0 Å². The molecule has 26 heavy (non-hydrogen) atoms. The number of hydrogen-bond donors (Lipinski definition) is 1. The topological polar surface area (TPSA) is 75.2 Å². The van der Waals surface area contributed by atoms with Gasteiger partial charge in [0, 0.05) is 48.4 Å². The van der Waals surface area contributed by atoms with Crippen LogP contribution in [0.15, 0.2) is 0 Å². The summed E-state index contributed by atoms with van der Waals surface area (Å²) in [6, 6.07) is 0. The standard InChI is InChI=1S/C20H32N4O2/c1-6-15(7-2)20(26)24-10-9-16(12-24)19-22-13(4)17(14(5)23-19)11-18(25)21-8-3/h15-16H,6-12H2,1-5H3,(H,21,25)/t16-/m1/s1. The van der Waals surface area contributed by atoms with Gasteiger partial charge in [0.2, 0.25) is 11.8 Å². The number of aromatic nitrogens is 2. The number of nitrogens with one attached hydrogen (secondary N) is 1. The normalized spacial score (nSPS) is 17.0. The van der Waals surface area contributed by atoms with Gasteiger partial charge in [-0.25, -0.2) is 9.97 Å². The number of carbonyl (C=O) groups is 2. The molecule has 6 heteroatoms. The molecule has 0 radical (unpaired) electrons. The van der Waals surface area contributed by atoms with Crippen molar-refractivity contribution in [3.05, 3.63) is 22.8 Å². The first-order chi connectivity index (χ1) is 12.4. The second kappa shape index (κ2) is 9.10. The van der Waals surface area contributed by atoms with Gasteiger partial charge in [-0.3, -0.25) is 9.59 Å². The molecular formula is C20H32N4O2. The van der Waals surface area contributed by atoms with Crippen LogP contribution in [0, 0.1) is 19.8 Å². The molecule has 1 fully saturated rings. The fraction of sp³-hybridized carbons (Fsp3) is 0.700. The largest absolute Gasteiger partial charge is 0.356 e. The Bertz CT molecular complexity index is 632. The van der Waals surface area contributed by atoms with E-state index in [1.807, 2.05) is 25.7 Å². The van der Waals surface area contributed by atoms with Gasteiger partial charge in [0.25, 0.3) is 0 Å². The highest BCUT2D eigenvalue weighted by molar-refractivity contribution is 5.79. The van der Waals surface area contributed by atoms with Crippen LogP contribution in [0.3, 0.4) is 0 Å². The Labute approximate surface area is 156 Å². The van der Waals surface area contributed by atoms with E-state index in [-0.39, 0.29) is 23.7 Å². The summed E-state index contributed by atoms with van der Waals surface area (Å²) in [5.41, 5.74) is 2.63. The minimum atomic E-state index is -0.00198. The quantitative estimate of drug-likeness (QED) is 0.811. The zero-order valence-electron chi connectivity index (χ0n) is 16.8. The first-order valence-corrected chi connectivity index (χ1v) is 9.80. The summed E-state index contributed by atoms with van der Waals surface area (Å²) in [5.74, 6) is 1.37. The fourth-order valence-corrected chi connectivity index (χ4v) is 3.69. The van der Waals surface area contributed by atoms with Crippen molar-refractivity contribution in [2.75, 3.05) is 19.6 Å². The zero-order chi connectivity index (χ0) is 19.3. The number of hydrogen-bond acceptors (Lipinski definition) is 4. The van der Waals surface area contributed by atoms with Crippen molar-refractivity contribution in [3.63, 3.8) is 0 Å². The second-order valence-corrected chi connectivity index (χ2v) is 7.14. The van der Waals surface area contributed by atoms with Crippen LogP contribution in [0.1, 0.15) is 68.7 Å². The predicted molar refractivity (Wildman–Crippen MR) is 102 cm³/mol. The van der Waals surface area contributed by atoms with Crippen molar-refractivity contribution in [2.24, 2.45) is 5.92 Å². The maximum atomic E-state index is 12.6. The van der Waals surface area contributed by atoms with Crippen LogP contribution >= 0.6 is 0 Å². The lowest BCUT2D eigenvalue weighted by Gasteiger charge is -2.22. The average molecular weight is 361 g/mol. The van der Waals surface area contributed by atoms with E-state index in [1.165, 1.54) is 0 Å². The van der Waals surface area contributed by atoms with E-state index < -0.39 is 0 Å². The SMILES string of the molecule is CCNC(=O)Cc1c(C)nc([C@@H]2CCN(C(=O)C(CC)CC)C2)nc1C. The van der Waals surface area contributed by atoms with Gasteiger partial charge in [0.15, 0.2) is 0 Å². The number of nitrogens with zero attached hydrogens (tertiary/aromatic N) is 3. The highest BCUT2D eigenvalue weighted by Gasteiger charge is 2.32. The molecule has 1 aromatic heterocycles. The molecule has 0 aromatic carbocycles. The molecule has 0 saturated carbocycles. The van der Waals surface area contributed by atoms with E-state index >= 15 is 0 Å². The molecule has 6 nitrogen and oxygen atoms in total. The molecular weight excluding hydrogens is 328 g/mol. The summed E-state index contributed by atoms with van der Waals surface area (Å²) < 4.78 is 0. The molecule has 0 bridgehead atoms. The molecule has 0 spiro atoms. The number of likely N-dealkylation sites (N-methyl/N-ethyl adjacent to an activating group) is 1. The Hall–Kier alpha value is -1.98. The highest BCUT2D eigenvalue weighted by atomic mass is 16.2. The van der Waals surface area contributed by atoms with E-state index in [2.05, 4.69) is 29.1 Å². The van der Waals surface area contributed by atoms with Gasteiger partial charge in [0.05, 0.1) is 6.42 Å². The lowest BCUT2D eigenvalue weighted by Crippen LogP contribution is -2.34. The Kier molecular flexibility index (Phi) is 7.12. The van der Waals surface area contributed by atoms with Gasteiger partial charge in [-0.1, -0.05) is 13.8 Å². The van der Waals surface area contributed by atoms with Gasteiger partial charge >= 0.3 is 0 Å². The Morgan fingerprint density at radius 1 is 1.15 bits per heavy atom. The summed E-state index contributed by atoms with van der Waals surface area (Å²) in [5, 5.41) is 2.82. The predicted octanol–water partition coefficient (Wildman–Crippen LogP) is 2.52. The summed E-state index contributed by atoms with van der Waals surface area (Å²) in [4.78, 5) is 35.8. The number of likely N-dealkylation sites (tertiary alicyclic amines) is 1. The van der Waals surface area contributed by atoms with Crippen molar-refractivity contribution in [2.45, 2.75) is 66.2 Å². The minimum absolute atomic E-state index is 0.00198. The van der Waals surface area contributed by atoms with Crippen LogP contribution in [-0.4, -0.2) is 46.3 Å². The van der Waals surface area contributed by atoms with Crippen molar-refractivity contribution in [1.29, 1.82) is 0 Å². The molecule has 0 aliphatic carbocycles. The molecule has 1 aromatic rings. The van der Waals surface area contributed by atoms with Crippen LogP contribution < -0.4 is 5.32 Å². The second-order valence-electron chi connectivity index (χ2n) is 7.14. The number of rotatable bonds is 7. The number of carbonyl (C=O) groups excluding carboxylic acids is 2. The lowest BCUT2D eigenvalue weighted by atomic mass is 10.0. The average Bonchev–Trinajstić information content (AvgIpc) is 3.09. The maximum Gasteiger partial charge on any atom is 0.225 e. The summed E-state index contributed by atoms with van der Waals surface area (Å²) in [6.45, 7) is 12.0. The van der Waals surface area contributed by atoms with Crippen LogP contribution in [-0.2, 0) is 16.0 Å². The zero-order valence-corrected chi connectivity index (χ0v) is 16.8. The number of aryl methyl sites for hydroxylation is 2. The van der Waals surface area contributed by atoms with Crippen molar-refractivity contribution in [1.82, 2.24) is 20.2 Å². The van der Waals surface area contributed by atoms with Gasteiger partial charge in [0.1, 0.15) is 5.82 Å². The van der Waals surface area contributed by atoms with E-state index in [4.69, 9.17) is 0 Å². The molecule has 2 rings (SSSR count). The molecule has 1 saturated heterocycles. The monoisotopic (exact) mass is 360 g/mol. The Morgan fingerprint density at radius 2 is 1.77 bits per heavy atom. The molecule has 1 N–H and O–H groups in total. The molecule has 0 unspecified atom stereocenters. The summed E-state index contributed by atoms with van der Waals surface area (Å²) in [7, 11) is 0. The van der Waals surface area contributed by atoms with E-state index in [0.717, 1.165) is 48.6 Å². The molecule has 2 amide bonds. The van der Waals surface area contributed by atoms with Crippen molar-refractivity contribution < 1.29 is 9.59 Å². The fourth-order valence-electron chi connectivity index (χ4n) is 3.69. The van der Waals surface area contributed by atoms with Crippen LogP contribution in [0.5, 0.6) is 0 Å². The third-order valence-corrected chi connectivity index (χ3v) is 5.35. The van der Waals surface area contributed by atoms with Gasteiger partial charge in [-0.05, 0) is 40.0 Å². The lowest BCUT2D eigenvalue weighted by molar-refractivity contribution is -0.134. The minimum Gasteiger partial charge on any atom is -0.356 e. The first kappa shape index (κ1) is 20.3. The third-order valence-electron chi connectivity index (χ3n) is 5.35. The maximum absolute atomic E-state index is 12.6. The van der Waals surface area contributed by atoms with Gasteiger partial charge < -0.3 is 10.2 Å². The summed E-state index contributed by atoms with van der Waals surface area (Å²) >= 11 is 0. The van der Waals surface area contributed by atoms with E-state index in [9.17, 15) is 9.59 Å². The molecule has 1 aliphatic rings. The van der Waals surface area contributed by atoms with Gasteiger partial charge in [-0.15, -0.1) is 0 Å². The van der Waals surface area contributed by atoms with Crippen molar-refractivity contribution >= 4 is 11.8 Å². The van der Waals surface area contributed by atoms with E-state index in [0.29, 0.717) is 19.5 Å². The third kappa shape index (κ3) is 4.59. The van der Waals surface area contributed by atoms with Crippen molar-refractivity contribution in [3.8, 4) is 0 Å². The number of amides is 2. The summed E-state index contributed by atoms with van der Waals surface area (Å²) in [6.07, 6.45) is 3.00. The highest BCUT2D eigenvalue weighted by Crippen LogP contribution is 2.28. The molecule has 1 atom stereocenters. The molecule has 2 heterocycles.